The molecule has 3 aromatic rings. The highest BCUT2D eigenvalue weighted by Crippen LogP contribution is 2.42. The van der Waals surface area contributed by atoms with Crippen molar-refractivity contribution >= 4 is 23.4 Å². The molecule has 0 saturated carbocycles. The van der Waals surface area contributed by atoms with Gasteiger partial charge in [0.25, 0.3) is 5.03 Å². The molecule has 0 radical (unpaired) electrons. The van der Waals surface area contributed by atoms with E-state index in [1.54, 1.807) is 12.1 Å². The number of carbonyl (C=O) groups excluding carboxylic acids is 1. The minimum Gasteiger partial charge on any atom is -0.618 e. The summed E-state index contributed by atoms with van der Waals surface area (Å²) in [5, 5.41) is 24.9. The minimum atomic E-state index is -0.606. The fraction of sp³-hybridized carbons (Fsp3) is 0.308. The van der Waals surface area contributed by atoms with Gasteiger partial charge in [0, 0.05) is 42.0 Å². The van der Waals surface area contributed by atoms with Gasteiger partial charge in [-0.1, -0.05) is 55.1 Å². The van der Waals surface area contributed by atoms with Gasteiger partial charge < -0.3 is 25.1 Å². The Kier molecular flexibility index (Phi) is 7.84. The number of nitrogens with zero attached hydrogens (tertiary/aromatic N) is 1. The second-order valence-electron chi connectivity index (χ2n) is 8.30. The van der Waals surface area contributed by atoms with Crippen LogP contribution in [0, 0.1) is 11.1 Å². The van der Waals surface area contributed by atoms with E-state index < -0.39 is 6.29 Å². The monoisotopic (exact) mass is 480 g/mol. The van der Waals surface area contributed by atoms with Crippen LogP contribution in [0.3, 0.4) is 0 Å². The molecule has 2 N–H and O–H groups in total. The number of hydrogen-bond acceptors (Lipinski definition) is 6. The van der Waals surface area contributed by atoms with Crippen LogP contribution in [0.5, 0.6) is 0 Å². The van der Waals surface area contributed by atoms with Crippen molar-refractivity contribution in [2.45, 2.75) is 44.0 Å². The third-order valence-electron chi connectivity index (χ3n) is 5.81. The number of aliphatic hydroxyl groups excluding tert-OH is 1. The number of pyridine rings is 1. The highest BCUT2D eigenvalue weighted by atomic mass is 32.2. The predicted octanol–water partition coefficient (Wildman–Crippen LogP) is 4.35. The van der Waals surface area contributed by atoms with Crippen molar-refractivity contribution in [3.63, 3.8) is 0 Å². The van der Waals surface area contributed by atoms with Crippen molar-refractivity contribution in [3.8, 4) is 0 Å². The molecule has 0 spiro atoms. The lowest BCUT2D eigenvalue weighted by Crippen LogP contribution is -2.39. The second kappa shape index (κ2) is 11.0. The molecule has 2 heterocycles. The Morgan fingerprint density at radius 3 is 2.41 bits per heavy atom. The Morgan fingerprint density at radius 1 is 1.06 bits per heavy atom. The number of nitrogens with one attached hydrogen (secondary N) is 1. The maximum Gasteiger partial charge on any atom is 0.251 e. The number of carbonyl (C=O) groups is 1. The molecule has 178 valence electrons. The SMILES string of the molecule is CC(=O)Nc1ccc([C@@H]2O[C@H](CSc3cccc[n+]3[O-])[C@H](C)[C@H](c3ccc(CO)cc3)O2)cc1. The van der Waals surface area contributed by atoms with Crippen LogP contribution in [-0.4, -0.2) is 22.9 Å². The average molecular weight is 481 g/mol. The van der Waals surface area contributed by atoms with Crippen LogP contribution in [0.25, 0.3) is 0 Å². The lowest BCUT2D eigenvalue weighted by molar-refractivity contribution is -0.645. The maximum absolute atomic E-state index is 12.1. The van der Waals surface area contributed by atoms with E-state index in [9.17, 15) is 15.1 Å². The number of benzene rings is 2. The van der Waals surface area contributed by atoms with E-state index in [4.69, 9.17) is 9.47 Å². The van der Waals surface area contributed by atoms with Crippen molar-refractivity contribution in [2.75, 3.05) is 11.1 Å². The van der Waals surface area contributed by atoms with Gasteiger partial charge in [0.05, 0.1) is 18.8 Å². The van der Waals surface area contributed by atoms with Crippen LogP contribution in [0.4, 0.5) is 5.69 Å². The first-order valence-corrected chi connectivity index (χ1v) is 12.1. The van der Waals surface area contributed by atoms with Crippen LogP contribution in [-0.2, 0) is 20.9 Å². The number of anilines is 1. The molecule has 0 unspecified atom stereocenters. The zero-order valence-electron chi connectivity index (χ0n) is 19.1. The summed E-state index contributed by atoms with van der Waals surface area (Å²) in [6, 6.07) is 20.5. The third kappa shape index (κ3) is 5.77. The van der Waals surface area contributed by atoms with E-state index in [1.807, 2.05) is 54.6 Å². The van der Waals surface area contributed by atoms with Crippen LogP contribution < -0.4 is 10.0 Å². The number of aliphatic hydroxyl groups is 1. The molecule has 1 fully saturated rings. The van der Waals surface area contributed by atoms with Gasteiger partial charge in [-0.15, -0.1) is 0 Å². The summed E-state index contributed by atoms with van der Waals surface area (Å²) in [7, 11) is 0. The van der Waals surface area contributed by atoms with Gasteiger partial charge >= 0.3 is 0 Å². The molecule has 1 aliphatic rings. The molecule has 7 nitrogen and oxygen atoms in total. The predicted molar refractivity (Wildman–Crippen MR) is 130 cm³/mol. The second-order valence-corrected chi connectivity index (χ2v) is 9.34. The normalized spacial score (nSPS) is 22.3. The van der Waals surface area contributed by atoms with Crippen LogP contribution in [0.1, 0.15) is 42.9 Å². The minimum absolute atomic E-state index is 0.0146. The van der Waals surface area contributed by atoms with E-state index >= 15 is 0 Å². The van der Waals surface area contributed by atoms with Crippen LogP contribution in [0.15, 0.2) is 78.0 Å². The number of amides is 1. The molecule has 4 atom stereocenters. The Bertz CT molecular complexity index is 1110. The van der Waals surface area contributed by atoms with E-state index in [1.165, 1.54) is 24.9 Å². The summed E-state index contributed by atoms with van der Waals surface area (Å²) in [6.45, 7) is 3.54. The molecule has 1 aliphatic heterocycles. The summed E-state index contributed by atoms with van der Waals surface area (Å²) < 4.78 is 13.7. The molecule has 0 bridgehead atoms. The summed E-state index contributed by atoms with van der Waals surface area (Å²) >= 11 is 1.46. The van der Waals surface area contributed by atoms with Crippen LogP contribution in [0.2, 0.25) is 0 Å². The van der Waals surface area contributed by atoms with Gasteiger partial charge in [0.2, 0.25) is 5.91 Å². The molecule has 4 rings (SSSR count). The third-order valence-corrected chi connectivity index (χ3v) is 6.92. The van der Waals surface area contributed by atoms with E-state index in [2.05, 4.69) is 12.2 Å². The quantitative estimate of drug-likeness (QED) is 0.297. The van der Waals surface area contributed by atoms with Crippen molar-refractivity contribution in [2.24, 2.45) is 5.92 Å². The number of rotatable bonds is 7. The van der Waals surface area contributed by atoms with Crippen molar-refractivity contribution in [1.82, 2.24) is 0 Å². The Hall–Kier alpha value is -2.91. The van der Waals surface area contributed by atoms with E-state index in [-0.39, 0.29) is 30.6 Å². The first-order chi connectivity index (χ1) is 16.4. The van der Waals surface area contributed by atoms with Crippen molar-refractivity contribution in [3.05, 3.63) is 94.8 Å². The molecule has 0 aliphatic carbocycles. The van der Waals surface area contributed by atoms with Gasteiger partial charge in [0.1, 0.15) is 0 Å². The molecule has 34 heavy (non-hydrogen) atoms. The average Bonchev–Trinajstić information content (AvgIpc) is 2.84. The first kappa shape index (κ1) is 24.2. The first-order valence-electron chi connectivity index (χ1n) is 11.1. The largest absolute Gasteiger partial charge is 0.618 e. The van der Waals surface area contributed by atoms with E-state index in [0.717, 1.165) is 21.4 Å². The molecular weight excluding hydrogens is 452 g/mol. The Balaban J connectivity index is 1.58. The Morgan fingerprint density at radius 2 is 1.76 bits per heavy atom. The van der Waals surface area contributed by atoms with Crippen molar-refractivity contribution in [1.29, 1.82) is 0 Å². The number of ether oxygens (including phenoxy) is 2. The lowest BCUT2D eigenvalue weighted by atomic mass is 9.91. The van der Waals surface area contributed by atoms with Gasteiger partial charge in [-0.3, -0.25) is 4.79 Å². The van der Waals surface area contributed by atoms with Crippen LogP contribution >= 0.6 is 11.8 Å². The van der Waals surface area contributed by atoms with Gasteiger partial charge in [0.15, 0.2) is 12.5 Å². The van der Waals surface area contributed by atoms with Gasteiger partial charge in [-0.25, -0.2) is 0 Å². The van der Waals surface area contributed by atoms with E-state index in [0.29, 0.717) is 16.5 Å². The lowest BCUT2D eigenvalue weighted by Gasteiger charge is -2.41. The summed E-state index contributed by atoms with van der Waals surface area (Å²) in [5.41, 5.74) is 3.38. The summed E-state index contributed by atoms with van der Waals surface area (Å²) in [6.07, 6.45) is 0.469. The number of hydrogen-bond donors (Lipinski definition) is 2. The number of thioether (sulfide) groups is 1. The fourth-order valence-corrected chi connectivity index (χ4v) is 5.01. The highest BCUT2D eigenvalue weighted by molar-refractivity contribution is 7.99. The zero-order chi connectivity index (χ0) is 24.1. The highest BCUT2D eigenvalue weighted by Gasteiger charge is 2.38. The standard InChI is InChI=1S/C26H28N2O5S/c1-17-23(16-34-24-5-3-4-14-28(24)31)32-26(21-10-12-22(13-11-21)27-18(2)30)33-25(17)20-8-6-19(15-29)7-9-20/h3-14,17,23,25-26,29H,15-16H2,1-2H3,(H,27,30)/t17-,23+,25+,26+/m0/s1. The fourth-order valence-electron chi connectivity index (χ4n) is 3.93. The molecular formula is C26H28N2O5S. The zero-order valence-corrected chi connectivity index (χ0v) is 19.9. The summed E-state index contributed by atoms with van der Waals surface area (Å²) in [5.74, 6) is 0.473. The topological polar surface area (TPSA) is 94.7 Å². The van der Waals surface area contributed by atoms with Gasteiger partial charge in [-0.05, 0) is 29.3 Å². The smallest absolute Gasteiger partial charge is 0.251 e. The molecule has 1 amide bonds. The number of aromatic nitrogens is 1. The molecule has 1 saturated heterocycles. The molecule has 2 aromatic carbocycles. The van der Waals surface area contributed by atoms with Crippen molar-refractivity contribution < 1.29 is 24.1 Å². The molecule has 8 heteroatoms. The van der Waals surface area contributed by atoms with Gasteiger partial charge in [-0.2, -0.15) is 4.73 Å². The summed E-state index contributed by atoms with van der Waals surface area (Å²) in [4.78, 5) is 11.3. The Labute approximate surface area is 203 Å². The maximum atomic E-state index is 12.1. The molecule has 1 aromatic heterocycles.